The number of sulfone groups is 1. The van der Waals surface area contributed by atoms with Crippen molar-refractivity contribution in [3.05, 3.63) is 47.6 Å². The number of anilines is 2. The number of carbonyl (C=O) groups is 1. The highest BCUT2D eigenvalue weighted by Crippen LogP contribution is 2.44. The summed E-state index contributed by atoms with van der Waals surface area (Å²) in [4.78, 5) is 28.2. The standard InChI is InChI=1S/C28H33N7O4S2/c1-18-14-21(15-24(18)41(37,38)28-31-10-13-40-28)23-16-25(35-11-12-39-17-19(35)2)34-26(33-23)20-4-6-22(7-5-20)32-27(36)30-9-3-8-29/h4-7,10,13,16,18-19,21,24H,3,9,11-12,14-15,17H2,1-2H3,(H2,30,32,36)/t18?,19-,21?,24?/m0/s1. The lowest BCUT2D eigenvalue weighted by molar-refractivity contribution is 0.0985. The molecule has 5 rings (SSSR count). The molecule has 0 spiro atoms. The van der Waals surface area contributed by atoms with Crippen LogP contribution >= 0.6 is 11.3 Å². The molecular weight excluding hydrogens is 562 g/mol. The van der Waals surface area contributed by atoms with Crippen LogP contribution in [-0.2, 0) is 14.6 Å². The number of nitrogens with zero attached hydrogens (tertiary/aromatic N) is 5. The molecule has 2 aromatic heterocycles. The third kappa shape index (κ3) is 6.50. The first kappa shape index (κ1) is 28.9. The molecule has 3 heterocycles. The summed E-state index contributed by atoms with van der Waals surface area (Å²) in [5, 5.41) is 15.2. The summed E-state index contributed by atoms with van der Waals surface area (Å²) in [6, 6.07) is 11.0. The highest BCUT2D eigenvalue weighted by molar-refractivity contribution is 7.93. The van der Waals surface area contributed by atoms with E-state index in [2.05, 4.69) is 27.4 Å². The van der Waals surface area contributed by atoms with Gasteiger partial charge >= 0.3 is 6.03 Å². The summed E-state index contributed by atoms with van der Waals surface area (Å²) in [7, 11) is -3.53. The van der Waals surface area contributed by atoms with Gasteiger partial charge in [-0.3, -0.25) is 0 Å². The lowest BCUT2D eigenvalue weighted by Gasteiger charge is -2.34. The number of urea groups is 1. The van der Waals surface area contributed by atoms with E-state index in [4.69, 9.17) is 20.0 Å². The van der Waals surface area contributed by atoms with Crippen LogP contribution in [0.2, 0.25) is 0 Å². The Balaban J connectivity index is 1.43. The van der Waals surface area contributed by atoms with Crippen molar-refractivity contribution in [2.24, 2.45) is 5.92 Å². The Bertz CT molecular complexity index is 1510. The minimum atomic E-state index is -3.53. The second-order valence-corrected chi connectivity index (χ2v) is 13.7. The first-order valence-corrected chi connectivity index (χ1v) is 16.1. The fourth-order valence-electron chi connectivity index (χ4n) is 5.48. The van der Waals surface area contributed by atoms with Gasteiger partial charge in [-0.1, -0.05) is 6.92 Å². The summed E-state index contributed by atoms with van der Waals surface area (Å²) in [6.07, 6.45) is 2.94. The number of nitrogens with one attached hydrogen (secondary N) is 2. The van der Waals surface area contributed by atoms with E-state index in [0.29, 0.717) is 44.1 Å². The van der Waals surface area contributed by atoms with Gasteiger partial charge in [0.15, 0.2) is 5.82 Å². The van der Waals surface area contributed by atoms with E-state index in [9.17, 15) is 13.2 Å². The van der Waals surface area contributed by atoms with Gasteiger partial charge in [-0.15, -0.1) is 11.3 Å². The summed E-state index contributed by atoms with van der Waals surface area (Å²) in [6.45, 7) is 6.26. The largest absolute Gasteiger partial charge is 0.377 e. The van der Waals surface area contributed by atoms with Crippen molar-refractivity contribution in [2.75, 3.05) is 36.5 Å². The topological polar surface area (TPSA) is 150 Å². The molecule has 2 aliphatic rings. The van der Waals surface area contributed by atoms with E-state index in [-0.39, 0.29) is 41.2 Å². The van der Waals surface area contributed by atoms with Crippen LogP contribution in [0.1, 0.15) is 44.7 Å². The third-order valence-electron chi connectivity index (χ3n) is 7.60. The SMILES string of the molecule is CC1CC(c2cc(N3CCOC[C@@H]3C)nc(-c3ccc(NC(=O)NCCC#N)cc3)n2)CC1S(=O)(=O)c1nccs1. The lowest BCUT2D eigenvalue weighted by atomic mass is 10.0. The van der Waals surface area contributed by atoms with E-state index in [1.54, 1.807) is 17.5 Å². The van der Waals surface area contributed by atoms with Crippen molar-refractivity contribution in [3.8, 4) is 17.5 Å². The lowest BCUT2D eigenvalue weighted by Crippen LogP contribution is -2.44. The number of aromatic nitrogens is 3. The number of hydrogen-bond donors (Lipinski definition) is 2. The van der Waals surface area contributed by atoms with Crippen molar-refractivity contribution < 1.29 is 17.9 Å². The van der Waals surface area contributed by atoms with Gasteiger partial charge in [-0.05, 0) is 49.9 Å². The normalized spacial score (nSPS) is 22.7. The summed E-state index contributed by atoms with van der Waals surface area (Å²) in [5.74, 6) is 1.25. The van der Waals surface area contributed by atoms with Crippen LogP contribution in [0.5, 0.6) is 0 Å². The fraction of sp³-hybridized carbons (Fsp3) is 0.464. The monoisotopic (exact) mass is 595 g/mol. The molecule has 1 aliphatic carbocycles. The predicted octanol–water partition coefficient (Wildman–Crippen LogP) is 4.22. The smallest absolute Gasteiger partial charge is 0.319 e. The van der Waals surface area contributed by atoms with Crippen molar-refractivity contribution >= 4 is 38.7 Å². The van der Waals surface area contributed by atoms with Crippen LogP contribution in [0.25, 0.3) is 11.4 Å². The van der Waals surface area contributed by atoms with Crippen LogP contribution in [0, 0.1) is 17.2 Å². The van der Waals surface area contributed by atoms with Gasteiger partial charge in [0.05, 0.1) is 37.0 Å². The highest BCUT2D eigenvalue weighted by Gasteiger charge is 2.43. The number of benzene rings is 1. The molecule has 3 unspecified atom stereocenters. The van der Waals surface area contributed by atoms with E-state index in [1.807, 2.05) is 31.2 Å². The molecule has 1 saturated heterocycles. The Kier molecular flexibility index (Phi) is 8.82. The van der Waals surface area contributed by atoms with Crippen LogP contribution in [0.3, 0.4) is 0 Å². The Labute approximate surface area is 243 Å². The van der Waals surface area contributed by atoms with Crippen LogP contribution < -0.4 is 15.5 Å². The molecule has 41 heavy (non-hydrogen) atoms. The molecule has 1 aliphatic heterocycles. The number of hydrogen-bond acceptors (Lipinski definition) is 10. The van der Waals surface area contributed by atoms with E-state index in [0.717, 1.165) is 28.4 Å². The molecule has 13 heteroatoms. The molecular formula is C28H33N7O4S2. The Morgan fingerprint density at radius 3 is 2.73 bits per heavy atom. The zero-order valence-corrected chi connectivity index (χ0v) is 24.6. The number of morpholine rings is 1. The van der Waals surface area contributed by atoms with Gasteiger partial charge in [0.1, 0.15) is 5.82 Å². The molecule has 216 valence electrons. The molecule has 11 nitrogen and oxygen atoms in total. The maximum atomic E-state index is 13.4. The third-order valence-corrected chi connectivity index (χ3v) is 11.2. The van der Waals surface area contributed by atoms with Gasteiger partial charge in [-0.25, -0.2) is 28.2 Å². The molecule has 4 atom stereocenters. The van der Waals surface area contributed by atoms with Crippen molar-refractivity contribution in [1.29, 1.82) is 5.26 Å². The number of rotatable bonds is 8. The molecule has 1 saturated carbocycles. The Morgan fingerprint density at radius 1 is 1.22 bits per heavy atom. The zero-order valence-electron chi connectivity index (χ0n) is 23.0. The average Bonchev–Trinajstić information content (AvgIpc) is 3.65. The first-order chi connectivity index (χ1) is 19.8. The number of carbonyl (C=O) groups excluding carboxylic acids is 1. The summed E-state index contributed by atoms with van der Waals surface area (Å²) >= 11 is 1.16. The fourth-order valence-corrected chi connectivity index (χ4v) is 8.59. The molecule has 3 aromatic rings. The maximum Gasteiger partial charge on any atom is 0.319 e. The summed E-state index contributed by atoms with van der Waals surface area (Å²) in [5.41, 5.74) is 2.20. The molecule has 0 bridgehead atoms. The number of thiazole rings is 1. The average molecular weight is 596 g/mol. The maximum absolute atomic E-state index is 13.4. The van der Waals surface area contributed by atoms with E-state index >= 15 is 0 Å². The first-order valence-electron chi connectivity index (χ1n) is 13.6. The van der Waals surface area contributed by atoms with Crippen molar-refractivity contribution in [3.63, 3.8) is 0 Å². The van der Waals surface area contributed by atoms with Gasteiger partial charge in [-0.2, -0.15) is 5.26 Å². The predicted molar refractivity (Wildman–Crippen MR) is 157 cm³/mol. The second-order valence-electron chi connectivity index (χ2n) is 10.5. The zero-order chi connectivity index (χ0) is 29.0. The van der Waals surface area contributed by atoms with Gasteiger partial charge in [0.2, 0.25) is 14.2 Å². The van der Waals surface area contributed by atoms with Crippen molar-refractivity contribution in [1.82, 2.24) is 20.3 Å². The number of ether oxygens (including phenoxy) is 1. The minimum Gasteiger partial charge on any atom is -0.377 e. The van der Waals surface area contributed by atoms with Crippen LogP contribution in [-0.4, -0.2) is 67.0 Å². The van der Waals surface area contributed by atoms with Gasteiger partial charge in [0.25, 0.3) is 0 Å². The van der Waals surface area contributed by atoms with Gasteiger partial charge in [0, 0.05) is 53.6 Å². The summed E-state index contributed by atoms with van der Waals surface area (Å²) < 4.78 is 32.5. The van der Waals surface area contributed by atoms with Crippen LogP contribution in [0.15, 0.2) is 46.2 Å². The Morgan fingerprint density at radius 2 is 2.02 bits per heavy atom. The highest BCUT2D eigenvalue weighted by atomic mass is 32.2. The van der Waals surface area contributed by atoms with E-state index < -0.39 is 15.1 Å². The van der Waals surface area contributed by atoms with Gasteiger partial charge < -0.3 is 20.3 Å². The number of nitriles is 1. The second kappa shape index (κ2) is 12.5. The van der Waals surface area contributed by atoms with Crippen LogP contribution in [0.4, 0.5) is 16.3 Å². The quantitative estimate of drug-likeness (QED) is 0.365. The minimum absolute atomic E-state index is 0.0391. The molecule has 0 radical (unpaired) electrons. The molecule has 2 N–H and O–H groups in total. The van der Waals surface area contributed by atoms with E-state index in [1.165, 1.54) is 6.20 Å². The molecule has 1 aromatic carbocycles. The number of amides is 2. The Hall–Kier alpha value is -3.60. The van der Waals surface area contributed by atoms with Crippen molar-refractivity contribution in [2.45, 2.75) is 54.7 Å². The molecule has 2 amide bonds. The molecule has 2 fully saturated rings.